The van der Waals surface area contributed by atoms with Gasteiger partial charge in [-0.2, -0.15) is 0 Å². The highest BCUT2D eigenvalue weighted by Gasteiger charge is 1.95. The van der Waals surface area contributed by atoms with Gasteiger partial charge in [0.25, 0.3) is 0 Å². The fourth-order valence-electron chi connectivity index (χ4n) is 0.955. The molecule has 0 spiro atoms. The third-order valence-electron chi connectivity index (χ3n) is 1.45. The summed E-state index contributed by atoms with van der Waals surface area (Å²) in [5.74, 6) is 0. The Bertz CT molecular complexity index is 292. The van der Waals surface area contributed by atoms with Crippen LogP contribution in [0.1, 0.15) is 12.6 Å². The van der Waals surface area contributed by atoms with Gasteiger partial charge in [0.1, 0.15) is 0 Å². The molecule has 0 aliphatic carbocycles. The lowest BCUT2D eigenvalue weighted by molar-refractivity contribution is 1.30. The summed E-state index contributed by atoms with van der Waals surface area (Å²) in [6, 6.07) is 0. The molecule has 0 aliphatic rings. The fraction of sp³-hybridized carbons (Fsp3) is 0.100. The first-order chi connectivity index (χ1) is 5.88. The third kappa shape index (κ3) is 1.95. The van der Waals surface area contributed by atoms with Gasteiger partial charge in [0, 0.05) is 0 Å². The summed E-state index contributed by atoms with van der Waals surface area (Å²) in [6.45, 7) is 5.63. The summed E-state index contributed by atoms with van der Waals surface area (Å²) in [5.41, 5.74) is 2.10. The Hall–Kier alpha value is -1.57. The Morgan fingerprint density at radius 3 is 3.00 bits per heavy atom. The molecule has 0 radical (unpaired) electrons. The topological polar surface area (TPSA) is 28.7 Å². The first kappa shape index (κ1) is 8.53. The van der Waals surface area contributed by atoms with Crippen LogP contribution in [0, 0.1) is 0 Å². The molecule has 0 aliphatic heterocycles. The Labute approximate surface area is 72.3 Å². The van der Waals surface area contributed by atoms with Crippen molar-refractivity contribution in [2.75, 3.05) is 0 Å². The average Bonchev–Trinajstić information content (AvgIpc) is 2.56. The summed E-state index contributed by atoms with van der Waals surface area (Å²) in [5, 5.41) is 0. The lowest BCUT2D eigenvalue weighted by Gasteiger charge is -1.94. The minimum atomic E-state index is 1.01. The van der Waals surface area contributed by atoms with Crippen molar-refractivity contribution in [3.63, 3.8) is 0 Å². The van der Waals surface area contributed by atoms with Gasteiger partial charge in [-0.25, -0.2) is 4.98 Å². The SMILES string of the molecule is C=CC=C(C=CC)c1cnc[nH]1. The van der Waals surface area contributed by atoms with Crippen LogP contribution in [0.25, 0.3) is 5.57 Å². The molecule has 1 aromatic heterocycles. The summed E-state index contributed by atoms with van der Waals surface area (Å²) in [7, 11) is 0. The second-order valence-corrected chi connectivity index (χ2v) is 2.32. The second-order valence-electron chi connectivity index (χ2n) is 2.32. The van der Waals surface area contributed by atoms with Crippen LogP contribution in [0.3, 0.4) is 0 Å². The van der Waals surface area contributed by atoms with Crippen molar-refractivity contribution in [3.8, 4) is 0 Å². The van der Waals surface area contributed by atoms with E-state index in [4.69, 9.17) is 0 Å². The fourth-order valence-corrected chi connectivity index (χ4v) is 0.955. The van der Waals surface area contributed by atoms with Gasteiger partial charge in [-0.05, 0) is 12.5 Å². The molecule has 1 rings (SSSR count). The van der Waals surface area contributed by atoms with Crippen LogP contribution in [0.15, 0.2) is 43.4 Å². The van der Waals surface area contributed by atoms with Crippen LogP contribution < -0.4 is 0 Å². The molecule has 0 saturated carbocycles. The van der Waals surface area contributed by atoms with Crippen LogP contribution in [0.2, 0.25) is 0 Å². The number of nitrogens with one attached hydrogen (secondary N) is 1. The van der Waals surface area contributed by atoms with Crippen LogP contribution in [-0.4, -0.2) is 9.97 Å². The van der Waals surface area contributed by atoms with Gasteiger partial charge in [-0.3, -0.25) is 0 Å². The Kier molecular flexibility index (Phi) is 3.08. The van der Waals surface area contributed by atoms with Gasteiger partial charge in [-0.15, -0.1) is 0 Å². The van der Waals surface area contributed by atoms with Gasteiger partial charge < -0.3 is 4.98 Å². The van der Waals surface area contributed by atoms with Crippen molar-refractivity contribution >= 4 is 5.57 Å². The van der Waals surface area contributed by atoms with Crippen LogP contribution in [0.5, 0.6) is 0 Å². The van der Waals surface area contributed by atoms with Crippen LogP contribution in [-0.2, 0) is 0 Å². The number of imidazole rings is 1. The van der Waals surface area contributed by atoms with E-state index >= 15 is 0 Å². The first-order valence-corrected chi connectivity index (χ1v) is 3.82. The van der Waals surface area contributed by atoms with E-state index in [1.807, 2.05) is 25.2 Å². The van der Waals surface area contributed by atoms with Crippen molar-refractivity contribution in [3.05, 3.63) is 49.1 Å². The van der Waals surface area contributed by atoms with E-state index in [0.717, 1.165) is 11.3 Å². The van der Waals surface area contributed by atoms with E-state index in [1.54, 1.807) is 18.6 Å². The molecule has 0 atom stereocenters. The van der Waals surface area contributed by atoms with E-state index in [0.29, 0.717) is 0 Å². The normalized spacial score (nSPS) is 12.2. The van der Waals surface area contributed by atoms with Gasteiger partial charge >= 0.3 is 0 Å². The maximum absolute atomic E-state index is 3.94. The van der Waals surface area contributed by atoms with Gasteiger partial charge in [0.15, 0.2) is 0 Å². The van der Waals surface area contributed by atoms with E-state index < -0.39 is 0 Å². The smallest absolute Gasteiger partial charge is 0.0924 e. The van der Waals surface area contributed by atoms with E-state index in [2.05, 4.69) is 16.5 Å². The first-order valence-electron chi connectivity index (χ1n) is 3.82. The van der Waals surface area contributed by atoms with E-state index in [9.17, 15) is 0 Å². The highest BCUT2D eigenvalue weighted by atomic mass is 14.9. The highest BCUT2D eigenvalue weighted by Crippen LogP contribution is 2.11. The predicted octanol–water partition coefficient (Wildman–Crippen LogP) is 2.56. The summed E-state index contributed by atoms with van der Waals surface area (Å²) < 4.78 is 0. The molecule has 1 N–H and O–H groups in total. The molecule has 0 bridgehead atoms. The van der Waals surface area contributed by atoms with Gasteiger partial charge in [0.05, 0.1) is 18.2 Å². The molecule has 62 valence electrons. The van der Waals surface area contributed by atoms with Crippen molar-refractivity contribution in [2.45, 2.75) is 6.92 Å². The monoisotopic (exact) mass is 160 g/mol. The van der Waals surface area contributed by atoms with Crippen LogP contribution >= 0.6 is 0 Å². The molecule has 0 unspecified atom stereocenters. The number of nitrogens with zero attached hydrogens (tertiary/aromatic N) is 1. The number of aromatic amines is 1. The number of H-pyrrole nitrogens is 1. The van der Waals surface area contributed by atoms with E-state index in [-0.39, 0.29) is 0 Å². The van der Waals surface area contributed by atoms with Crippen molar-refractivity contribution in [2.24, 2.45) is 0 Å². The quantitative estimate of drug-likeness (QED) is 0.676. The second kappa shape index (κ2) is 4.34. The van der Waals surface area contributed by atoms with Crippen molar-refractivity contribution < 1.29 is 0 Å². The lowest BCUT2D eigenvalue weighted by atomic mass is 10.2. The largest absolute Gasteiger partial charge is 0.345 e. The zero-order valence-corrected chi connectivity index (χ0v) is 7.12. The molecule has 0 aromatic carbocycles. The molecular weight excluding hydrogens is 148 g/mol. The molecule has 2 heteroatoms. The van der Waals surface area contributed by atoms with Crippen LogP contribution in [0.4, 0.5) is 0 Å². The van der Waals surface area contributed by atoms with Crippen molar-refractivity contribution in [1.29, 1.82) is 0 Å². The molecule has 0 fully saturated rings. The predicted molar refractivity (Wildman–Crippen MR) is 51.6 cm³/mol. The maximum Gasteiger partial charge on any atom is 0.0924 e. The Morgan fingerprint density at radius 1 is 1.67 bits per heavy atom. The average molecular weight is 160 g/mol. The zero-order chi connectivity index (χ0) is 8.81. The number of aromatic nitrogens is 2. The number of hydrogen-bond acceptors (Lipinski definition) is 1. The maximum atomic E-state index is 3.94. The third-order valence-corrected chi connectivity index (χ3v) is 1.45. The molecule has 0 saturated heterocycles. The molecule has 0 amide bonds. The molecule has 2 nitrogen and oxygen atoms in total. The summed E-state index contributed by atoms with van der Waals surface area (Å²) in [6.07, 6.45) is 11.1. The minimum absolute atomic E-state index is 1.01. The number of rotatable bonds is 3. The summed E-state index contributed by atoms with van der Waals surface area (Å²) in [4.78, 5) is 6.97. The molecule has 1 aromatic rings. The lowest BCUT2D eigenvalue weighted by Crippen LogP contribution is -1.78. The molecular formula is C10H12N2. The Balaban J connectivity index is 2.95. The zero-order valence-electron chi connectivity index (χ0n) is 7.12. The molecule has 1 heterocycles. The van der Waals surface area contributed by atoms with Crippen molar-refractivity contribution in [1.82, 2.24) is 9.97 Å². The van der Waals surface area contributed by atoms with Gasteiger partial charge in [-0.1, -0.05) is 30.9 Å². The summed E-state index contributed by atoms with van der Waals surface area (Å²) >= 11 is 0. The number of allylic oxidation sites excluding steroid dienone is 5. The molecule has 12 heavy (non-hydrogen) atoms. The number of hydrogen-bond donors (Lipinski definition) is 1. The Morgan fingerprint density at radius 2 is 2.50 bits per heavy atom. The standard InChI is InChI=1S/C10H12N2/c1-3-5-9(6-4-2)10-7-11-8-12-10/h3-8H,1H2,2H3,(H,11,12). The van der Waals surface area contributed by atoms with E-state index in [1.165, 1.54) is 0 Å². The minimum Gasteiger partial charge on any atom is -0.345 e. The highest BCUT2D eigenvalue weighted by molar-refractivity contribution is 5.72. The van der Waals surface area contributed by atoms with Gasteiger partial charge in [0.2, 0.25) is 0 Å².